The quantitative estimate of drug-likeness (QED) is 0.288. The molecule has 0 unspecified atom stereocenters. The van der Waals surface area contributed by atoms with Gasteiger partial charge in [0.15, 0.2) is 0 Å². The Bertz CT molecular complexity index is 55.9. The van der Waals surface area contributed by atoms with Crippen molar-refractivity contribution in [3.8, 4) is 0 Å². The third-order valence-corrected chi connectivity index (χ3v) is 0.306. The smallest absolute Gasteiger partial charge is 0.870 e. The molecule has 0 rings (SSSR count). The normalized spacial score (nSPS) is 8.38. The summed E-state index contributed by atoms with van der Waals surface area (Å²) in [4.78, 5) is 9.70. The van der Waals surface area contributed by atoms with Gasteiger partial charge in [0.05, 0.1) is 0 Å². The molecule has 0 atom stereocenters. The predicted molar refractivity (Wildman–Crippen MR) is 27.1 cm³/mol. The van der Waals surface area contributed by atoms with Gasteiger partial charge in [0.2, 0.25) is 0 Å². The minimum absolute atomic E-state index is 0. The Balaban J connectivity index is -0.000000125. The van der Waals surface area contributed by atoms with Gasteiger partial charge in [-0.1, -0.05) is 20.8 Å². The van der Waals surface area contributed by atoms with Gasteiger partial charge in [-0.25, -0.2) is 0 Å². The van der Waals surface area contributed by atoms with E-state index in [1.54, 1.807) is 0 Å². The van der Waals surface area contributed by atoms with Gasteiger partial charge in [-0.2, -0.15) is 0 Å². The Labute approximate surface area is 92.8 Å². The second kappa shape index (κ2) is 6.39. The monoisotopic (exact) mass is 141 g/mol. The van der Waals surface area contributed by atoms with Crippen LogP contribution < -0.4 is 51.4 Å². The van der Waals surface area contributed by atoms with E-state index in [0.717, 1.165) is 0 Å². The van der Waals surface area contributed by atoms with Crippen molar-refractivity contribution in [1.29, 1.82) is 0 Å². The fourth-order valence-corrected chi connectivity index (χ4v) is 0. The van der Waals surface area contributed by atoms with E-state index in [-0.39, 0.29) is 62.3 Å². The average molecular weight is 141 g/mol. The first-order valence-corrected chi connectivity index (χ1v) is 1.95. The molecule has 0 aromatic carbocycles. The molecule has 0 aliphatic rings. The minimum Gasteiger partial charge on any atom is -0.870 e. The molecule has 1 N–H and O–H groups in total. The second-order valence-corrected chi connectivity index (χ2v) is 2.35. The fraction of sp³-hybridized carbons (Fsp3) is 0.800. The van der Waals surface area contributed by atoms with Crippen molar-refractivity contribution >= 4 is 6.29 Å². The van der Waals surface area contributed by atoms with Crippen LogP contribution in [0.2, 0.25) is 0 Å². The van der Waals surface area contributed by atoms with Crippen LogP contribution in [-0.4, -0.2) is 11.8 Å². The Morgan fingerprint density at radius 1 is 1.25 bits per heavy atom. The van der Waals surface area contributed by atoms with Crippen molar-refractivity contribution in [1.82, 2.24) is 0 Å². The largest absolute Gasteiger partial charge is 1.00 e. The zero-order valence-electron chi connectivity index (χ0n) is 5.86. The molecule has 2 nitrogen and oxygen atoms in total. The first-order chi connectivity index (χ1) is 2.56. The second-order valence-electron chi connectivity index (χ2n) is 2.35. The summed E-state index contributed by atoms with van der Waals surface area (Å²) in [6.45, 7) is 5.46. The molecular formula is C5H10KO2-. The van der Waals surface area contributed by atoms with Gasteiger partial charge in [-0.3, -0.25) is 6.29 Å². The molecule has 8 heavy (non-hydrogen) atoms. The number of hydrogen-bond acceptors (Lipinski definition) is 2. The molecular weight excluding hydrogens is 131 g/mol. The summed E-state index contributed by atoms with van der Waals surface area (Å²) in [7, 11) is 0. The van der Waals surface area contributed by atoms with Crippen LogP contribution in [0.15, 0.2) is 0 Å². The summed E-state index contributed by atoms with van der Waals surface area (Å²) in [5.41, 5.74) is -0.264. The van der Waals surface area contributed by atoms with Gasteiger partial charge in [0.25, 0.3) is 0 Å². The van der Waals surface area contributed by atoms with Gasteiger partial charge in [0, 0.05) is 0 Å². The fourth-order valence-electron chi connectivity index (χ4n) is 0. The van der Waals surface area contributed by atoms with Crippen LogP contribution in [0.4, 0.5) is 0 Å². The van der Waals surface area contributed by atoms with Gasteiger partial charge in [-0.15, -0.1) is 5.41 Å². The van der Waals surface area contributed by atoms with Crippen molar-refractivity contribution in [2.24, 2.45) is 5.41 Å². The Kier molecular flexibility index (Phi) is 12.9. The van der Waals surface area contributed by atoms with Gasteiger partial charge >= 0.3 is 51.4 Å². The predicted octanol–water partition coefficient (Wildman–Crippen LogP) is -2.03. The van der Waals surface area contributed by atoms with E-state index in [1.165, 1.54) is 0 Å². The third kappa shape index (κ3) is 15.7. The molecule has 0 radical (unpaired) electrons. The molecule has 0 aliphatic heterocycles. The van der Waals surface area contributed by atoms with Gasteiger partial charge < -0.3 is 10.3 Å². The van der Waals surface area contributed by atoms with Crippen molar-refractivity contribution < 1.29 is 61.7 Å². The van der Waals surface area contributed by atoms with Crippen molar-refractivity contribution in [2.45, 2.75) is 20.8 Å². The standard InChI is InChI=1S/C5H9O.K.H2O/c1-5(2,3)4-6;;/h1-3H3;;1H2/q-1;+1;/p-1. The van der Waals surface area contributed by atoms with Gasteiger partial charge in [-0.05, 0) is 0 Å². The molecule has 0 aromatic heterocycles. The van der Waals surface area contributed by atoms with Crippen LogP contribution in [-0.2, 0) is 4.79 Å². The van der Waals surface area contributed by atoms with Crippen molar-refractivity contribution in [3.05, 3.63) is 0 Å². The van der Waals surface area contributed by atoms with E-state index in [0.29, 0.717) is 0 Å². The van der Waals surface area contributed by atoms with E-state index in [1.807, 2.05) is 27.1 Å². The van der Waals surface area contributed by atoms with Crippen LogP contribution in [0.1, 0.15) is 20.8 Å². The molecule has 0 saturated carbocycles. The summed E-state index contributed by atoms with van der Waals surface area (Å²) < 4.78 is 0. The number of hydrogen-bond donors (Lipinski definition) is 0. The summed E-state index contributed by atoms with van der Waals surface area (Å²) in [6, 6.07) is 0. The van der Waals surface area contributed by atoms with Gasteiger partial charge in [0.1, 0.15) is 0 Å². The summed E-state index contributed by atoms with van der Waals surface area (Å²) in [5, 5.41) is 0. The van der Waals surface area contributed by atoms with Crippen LogP contribution in [0, 0.1) is 5.41 Å². The number of rotatable bonds is 0. The van der Waals surface area contributed by atoms with Crippen LogP contribution in [0.3, 0.4) is 0 Å². The molecule has 0 bridgehead atoms. The maximum absolute atomic E-state index is 9.70. The molecule has 0 spiro atoms. The molecule has 0 heterocycles. The molecule has 3 heteroatoms. The zero-order chi connectivity index (χ0) is 5.21. The van der Waals surface area contributed by atoms with E-state index < -0.39 is 0 Å². The van der Waals surface area contributed by atoms with Crippen LogP contribution in [0.5, 0.6) is 0 Å². The molecule has 0 amide bonds. The SMILES string of the molecule is CC(C)(C)[C-]=O.[K+].[OH-]. The van der Waals surface area contributed by atoms with E-state index in [4.69, 9.17) is 0 Å². The Morgan fingerprint density at radius 3 is 1.38 bits per heavy atom. The Morgan fingerprint density at radius 2 is 1.38 bits per heavy atom. The van der Waals surface area contributed by atoms with E-state index in [9.17, 15) is 4.79 Å². The Hall–Kier alpha value is 1.27. The molecule has 0 saturated heterocycles. The zero-order valence-corrected chi connectivity index (χ0v) is 8.98. The molecule has 44 valence electrons. The topological polar surface area (TPSA) is 47.1 Å². The molecule has 0 fully saturated rings. The average Bonchev–Trinajstić information content (AvgIpc) is 1.35. The third-order valence-electron chi connectivity index (χ3n) is 0.306. The van der Waals surface area contributed by atoms with Crippen LogP contribution in [0.25, 0.3) is 0 Å². The first kappa shape index (κ1) is 16.1. The summed E-state index contributed by atoms with van der Waals surface area (Å²) in [6.07, 6.45) is 1.85. The molecule has 0 aliphatic carbocycles. The van der Waals surface area contributed by atoms with Crippen molar-refractivity contribution in [3.63, 3.8) is 0 Å². The van der Waals surface area contributed by atoms with E-state index in [2.05, 4.69) is 0 Å². The van der Waals surface area contributed by atoms with Crippen LogP contribution >= 0.6 is 0 Å². The summed E-state index contributed by atoms with van der Waals surface area (Å²) in [5.74, 6) is 0. The first-order valence-electron chi connectivity index (χ1n) is 1.95. The van der Waals surface area contributed by atoms with Crippen molar-refractivity contribution in [2.75, 3.05) is 0 Å². The molecule has 0 aromatic rings. The minimum atomic E-state index is -0.264. The summed E-state index contributed by atoms with van der Waals surface area (Å²) >= 11 is 0. The van der Waals surface area contributed by atoms with E-state index >= 15 is 0 Å². The maximum atomic E-state index is 9.70. The maximum Gasteiger partial charge on any atom is 1.00 e. The number of carbonyl (C=O) groups excluding carboxylic acids is 1.